The Morgan fingerprint density at radius 1 is 1.08 bits per heavy atom. The van der Waals surface area contributed by atoms with Gasteiger partial charge in [-0.05, 0) is 65.6 Å². The molecular weight excluding hydrogens is 530 g/mol. The molecule has 1 aliphatic heterocycles. The van der Waals surface area contributed by atoms with Crippen LogP contribution in [0.1, 0.15) is 30.9 Å². The molecule has 202 valence electrons. The van der Waals surface area contributed by atoms with E-state index in [1.165, 1.54) is 23.8 Å². The number of nitrogens with zero attached hydrogens (tertiary/aromatic N) is 2. The van der Waals surface area contributed by atoms with E-state index in [1.807, 2.05) is 73.6 Å². The Kier molecular flexibility index (Phi) is 8.93. The number of methoxy groups -OCH3 is 1. The van der Waals surface area contributed by atoms with E-state index < -0.39 is 0 Å². The van der Waals surface area contributed by atoms with Gasteiger partial charge in [0.15, 0.2) is 22.4 Å². The molecule has 0 spiro atoms. The van der Waals surface area contributed by atoms with Gasteiger partial charge in [0.25, 0.3) is 11.8 Å². The highest BCUT2D eigenvalue weighted by molar-refractivity contribution is 8.27. The molecule has 1 heterocycles. The number of carbonyl (C=O) groups excluding carboxylic acids is 2. The molecule has 1 fully saturated rings. The zero-order valence-corrected chi connectivity index (χ0v) is 24.2. The van der Waals surface area contributed by atoms with Crippen molar-refractivity contribution in [2.75, 3.05) is 42.9 Å². The standard InChI is InChI=1S/C30H31N3O4S2/c1-19(2)23-8-6-7-9-24(23)31-28(34)18-37-25-15-10-20(16-26(25)36-5)17-27-29(35)33(30(38)39-27)22-13-11-21(12-14-22)32(3)4/h6-17,19H,18H2,1-5H3,(H,31,34)/b27-17-. The molecule has 3 aromatic rings. The first-order chi connectivity index (χ1) is 18.7. The van der Waals surface area contributed by atoms with Gasteiger partial charge in [-0.25, -0.2) is 0 Å². The minimum Gasteiger partial charge on any atom is -0.493 e. The van der Waals surface area contributed by atoms with Gasteiger partial charge in [0.1, 0.15) is 0 Å². The average molecular weight is 562 g/mol. The zero-order valence-electron chi connectivity index (χ0n) is 22.6. The van der Waals surface area contributed by atoms with Gasteiger partial charge in [-0.3, -0.25) is 14.5 Å². The van der Waals surface area contributed by atoms with Crippen LogP contribution in [0.4, 0.5) is 17.1 Å². The van der Waals surface area contributed by atoms with Crippen molar-refractivity contribution in [3.05, 3.63) is 82.8 Å². The normalized spacial score (nSPS) is 14.2. The van der Waals surface area contributed by atoms with Gasteiger partial charge >= 0.3 is 0 Å². The number of para-hydroxylation sites is 1. The first-order valence-electron chi connectivity index (χ1n) is 12.4. The Balaban J connectivity index is 1.44. The molecule has 0 bridgehead atoms. The number of hydrogen-bond donors (Lipinski definition) is 1. The van der Waals surface area contributed by atoms with Gasteiger partial charge < -0.3 is 19.7 Å². The van der Waals surface area contributed by atoms with Crippen molar-refractivity contribution in [1.82, 2.24) is 0 Å². The van der Waals surface area contributed by atoms with E-state index in [-0.39, 0.29) is 24.3 Å². The number of carbonyl (C=O) groups is 2. The lowest BCUT2D eigenvalue weighted by Crippen LogP contribution is -2.27. The number of nitrogens with one attached hydrogen (secondary N) is 1. The Hall–Kier alpha value is -3.82. The van der Waals surface area contributed by atoms with Gasteiger partial charge in [-0.2, -0.15) is 0 Å². The van der Waals surface area contributed by atoms with Crippen LogP contribution in [0.2, 0.25) is 0 Å². The monoisotopic (exact) mass is 561 g/mol. The third-order valence-electron chi connectivity index (χ3n) is 6.12. The third kappa shape index (κ3) is 6.61. The molecule has 0 aliphatic carbocycles. The maximum Gasteiger partial charge on any atom is 0.270 e. The fourth-order valence-corrected chi connectivity index (χ4v) is 5.38. The quantitative estimate of drug-likeness (QED) is 0.243. The minimum absolute atomic E-state index is 0.173. The first kappa shape index (κ1) is 28.2. The summed E-state index contributed by atoms with van der Waals surface area (Å²) in [5.74, 6) is 0.709. The molecule has 1 aliphatic rings. The van der Waals surface area contributed by atoms with E-state index in [4.69, 9.17) is 21.7 Å². The molecule has 0 unspecified atom stereocenters. The van der Waals surface area contributed by atoms with E-state index in [2.05, 4.69) is 19.2 Å². The topological polar surface area (TPSA) is 71.1 Å². The maximum absolute atomic E-state index is 13.2. The van der Waals surface area contributed by atoms with Crippen LogP contribution in [-0.2, 0) is 9.59 Å². The zero-order chi connectivity index (χ0) is 28.1. The van der Waals surface area contributed by atoms with E-state index in [1.54, 1.807) is 18.2 Å². The predicted octanol–water partition coefficient (Wildman–Crippen LogP) is 6.31. The molecule has 0 atom stereocenters. The van der Waals surface area contributed by atoms with Crippen LogP contribution in [0.5, 0.6) is 11.5 Å². The van der Waals surface area contributed by atoms with E-state index in [9.17, 15) is 9.59 Å². The fourth-order valence-electron chi connectivity index (χ4n) is 4.08. The number of amides is 2. The van der Waals surface area contributed by atoms with Crippen molar-refractivity contribution in [3.8, 4) is 11.5 Å². The summed E-state index contributed by atoms with van der Waals surface area (Å²) in [7, 11) is 5.45. The molecule has 1 saturated heterocycles. The van der Waals surface area contributed by atoms with Crippen LogP contribution in [0.3, 0.4) is 0 Å². The smallest absolute Gasteiger partial charge is 0.270 e. The summed E-state index contributed by atoms with van der Waals surface area (Å²) >= 11 is 6.76. The Morgan fingerprint density at radius 2 is 1.79 bits per heavy atom. The summed E-state index contributed by atoms with van der Waals surface area (Å²) in [6.07, 6.45) is 1.77. The maximum atomic E-state index is 13.2. The summed E-state index contributed by atoms with van der Waals surface area (Å²) in [5, 5.41) is 2.92. The first-order valence-corrected chi connectivity index (χ1v) is 13.7. The Labute approximate surface area is 238 Å². The van der Waals surface area contributed by atoms with Crippen molar-refractivity contribution >= 4 is 63.3 Å². The van der Waals surface area contributed by atoms with Crippen LogP contribution in [0.15, 0.2) is 71.6 Å². The van der Waals surface area contributed by atoms with Gasteiger partial charge in [0.2, 0.25) is 0 Å². The number of rotatable bonds is 9. The van der Waals surface area contributed by atoms with E-state index in [0.29, 0.717) is 20.7 Å². The molecule has 3 aromatic carbocycles. The fraction of sp³-hybridized carbons (Fsp3) is 0.233. The molecular formula is C30H31N3O4S2. The Bertz CT molecular complexity index is 1420. The highest BCUT2D eigenvalue weighted by Crippen LogP contribution is 2.37. The molecule has 0 aromatic heterocycles. The van der Waals surface area contributed by atoms with Crippen molar-refractivity contribution in [2.24, 2.45) is 0 Å². The lowest BCUT2D eigenvalue weighted by atomic mass is 10.0. The largest absolute Gasteiger partial charge is 0.493 e. The third-order valence-corrected chi connectivity index (χ3v) is 7.42. The Morgan fingerprint density at radius 3 is 2.46 bits per heavy atom. The number of benzene rings is 3. The van der Waals surface area contributed by atoms with Crippen LogP contribution >= 0.6 is 24.0 Å². The van der Waals surface area contributed by atoms with Gasteiger partial charge in [-0.15, -0.1) is 0 Å². The molecule has 4 rings (SSSR count). The summed E-state index contributed by atoms with van der Waals surface area (Å²) in [6, 6.07) is 20.7. The van der Waals surface area contributed by atoms with E-state index in [0.717, 1.165) is 28.2 Å². The van der Waals surface area contributed by atoms with E-state index >= 15 is 0 Å². The minimum atomic E-state index is -0.267. The van der Waals surface area contributed by atoms with Crippen LogP contribution in [0, 0.1) is 0 Å². The molecule has 0 saturated carbocycles. The molecule has 9 heteroatoms. The van der Waals surface area contributed by atoms with Crippen molar-refractivity contribution in [1.29, 1.82) is 0 Å². The summed E-state index contributed by atoms with van der Waals surface area (Å²) in [6.45, 7) is 3.98. The highest BCUT2D eigenvalue weighted by atomic mass is 32.2. The van der Waals surface area contributed by atoms with Crippen LogP contribution in [-0.4, -0.2) is 43.9 Å². The summed E-state index contributed by atoms with van der Waals surface area (Å²) in [5.41, 5.74) is 4.34. The highest BCUT2D eigenvalue weighted by Gasteiger charge is 2.33. The number of ether oxygens (including phenoxy) is 2. The lowest BCUT2D eigenvalue weighted by Gasteiger charge is -2.17. The summed E-state index contributed by atoms with van der Waals surface area (Å²) in [4.78, 5) is 29.8. The molecule has 0 radical (unpaired) electrons. The van der Waals surface area contributed by atoms with Gasteiger partial charge in [0.05, 0.1) is 17.7 Å². The second-order valence-corrected chi connectivity index (χ2v) is 11.1. The molecule has 39 heavy (non-hydrogen) atoms. The summed E-state index contributed by atoms with van der Waals surface area (Å²) < 4.78 is 11.7. The second kappa shape index (κ2) is 12.4. The molecule has 1 N–H and O–H groups in total. The number of anilines is 3. The number of thioether (sulfide) groups is 1. The van der Waals surface area contributed by atoms with Gasteiger partial charge in [-0.1, -0.05) is 62.1 Å². The van der Waals surface area contributed by atoms with Gasteiger partial charge in [0, 0.05) is 25.5 Å². The lowest BCUT2D eigenvalue weighted by molar-refractivity contribution is -0.118. The molecule has 2 amide bonds. The predicted molar refractivity (Wildman–Crippen MR) is 164 cm³/mol. The molecule has 7 nitrogen and oxygen atoms in total. The van der Waals surface area contributed by atoms with Crippen LogP contribution in [0.25, 0.3) is 6.08 Å². The SMILES string of the molecule is COc1cc(/C=C2\SC(=S)N(c3ccc(N(C)C)cc3)C2=O)ccc1OCC(=O)Nc1ccccc1C(C)C. The average Bonchev–Trinajstić information content (AvgIpc) is 3.20. The van der Waals surface area contributed by atoms with Crippen LogP contribution < -0.4 is 24.6 Å². The van der Waals surface area contributed by atoms with Crippen molar-refractivity contribution in [2.45, 2.75) is 19.8 Å². The number of hydrogen-bond acceptors (Lipinski definition) is 7. The van der Waals surface area contributed by atoms with Crippen molar-refractivity contribution < 1.29 is 19.1 Å². The van der Waals surface area contributed by atoms with Crippen molar-refractivity contribution in [3.63, 3.8) is 0 Å². The second-order valence-electron chi connectivity index (χ2n) is 9.42. The number of thiocarbonyl (C=S) groups is 1.